The monoisotopic (exact) mass is 245 g/mol. The van der Waals surface area contributed by atoms with Gasteiger partial charge in [0.25, 0.3) is 5.69 Å². The normalized spacial score (nSPS) is 10.3. The van der Waals surface area contributed by atoms with Crippen molar-refractivity contribution in [3.05, 3.63) is 51.7 Å². The van der Waals surface area contributed by atoms with Gasteiger partial charge in [0, 0.05) is 29.6 Å². The highest BCUT2D eigenvalue weighted by molar-refractivity contribution is 5.94. The lowest BCUT2D eigenvalue weighted by atomic mass is 10.0. The predicted molar refractivity (Wildman–Crippen MR) is 66.1 cm³/mol. The second-order valence-electron chi connectivity index (χ2n) is 3.92. The van der Waals surface area contributed by atoms with E-state index >= 15 is 0 Å². The summed E-state index contributed by atoms with van der Waals surface area (Å²) in [5.41, 5.74) is 7.83. The molecule has 0 unspecified atom stereocenters. The summed E-state index contributed by atoms with van der Waals surface area (Å²) >= 11 is 0. The maximum atomic E-state index is 11.0. The van der Waals surface area contributed by atoms with Gasteiger partial charge in [-0.3, -0.25) is 14.9 Å². The maximum Gasteiger partial charge on any atom is 0.269 e. The van der Waals surface area contributed by atoms with Gasteiger partial charge in [0.05, 0.1) is 10.5 Å². The van der Waals surface area contributed by atoms with Crippen LogP contribution in [0.4, 0.5) is 5.69 Å². The Morgan fingerprint density at radius 3 is 2.61 bits per heavy atom. The zero-order valence-electron chi connectivity index (χ0n) is 9.64. The van der Waals surface area contributed by atoms with Gasteiger partial charge in [-0.25, -0.2) is 0 Å². The molecule has 92 valence electrons. The molecule has 6 nitrogen and oxygen atoms in total. The number of aromatic amines is 1. The summed E-state index contributed by atoms with van der Waals surface area (Å²) in [5.74, 6) is -0.517. The van der Waals surface area contributed by atoms with E-state index in [-0.39, 0.29) is 5.69 Å². The predicted octanol–water partition coefficient (Wildman–Crippen LogP) is 2.00. The van der Waals surface area contributed by atoms with Crippen molar-refractivity contribution in [1.82, 2.24) is 4.98 Å². The highest BCUT2D eigenvalue weighted by Gasteiger charge is 2.11. The quantitative estimate of drug-likeness (QED) is 0.638. The molecule has 0 bridgehead atoms. The Morgan fingerprint density at radius 2 is 2.11 bits per heavy atom. The van der Waals surface area contributed by atoms with Crippen molar-refractivity contribution < 1.29 is 9.72 Å². The van der Waals surface area contributed by atoms with Crippen LogP contribution in [0, 0.1) is 17.0 Å². The molecule has 2 rings (SSSR count). The molecule has 0 fully saturated rings. The lowest BCUT2D eigenvalue weighted by Gasteiger charge is -2.02. The van der Waals surface area contributed by atoms with Crippen LogP contribution in [0.15, 0.2) is 30.5 Å². The third kappa shape index (κ3) is 2.08. The van der Waals surface area contributed by atoms with Crippen LogP contribution in [0.1, 0.15) is 15.9 Å². The number of rotatable bonds is 3. The molecule has 0 saturated heterocycles. The van der Waals surface area contributed by atoms with Crippen molar-refractivity contribution in [3.63, 3.8) is 0 Å². The highest BCUT2D eigenvalue weighted by Crippen LogP contribution is 2.26. The van der Waals surface area contributed by atoms with E-state index in [1.165, 1.54) is 18.3 Å². The average Bonchev–Trinajstić information content (AvgIpc) is 2.78. The number of aryl methyl sites for hydroxylation is 1. The Labute approximate surface area is 103 Å². The van der Waals surface area contributed by atoms with Gasteiger partial charge >= 0.3 is 0 Å². The van der Waals surface area contributed by atoms with Gasteiger partial charge in [-0.1, -0.05) is 0 Å². The maximum absolute atomic E-state index is 11.0. The van der Waals surface area contributed by atoms with Gasteiger partial charge in [-0.2, -0.15) is 0 Å². The van der Waals surface area contributed by atoms with E-state index in [0.29, 0.717) is 11.3 Å². The third-order valence-corrected chi connectivity index (χ3v) is 2.68. The second-order valence-corrected chi connectivity index (χ2v) is 3.92. The standard InChI is InChI=1S/C12H11N3O3/c1-7-4-9(15(17)18)2-3-10(7)11-5-8(6-14-11)12(13)16/h2-6,14H,1H3,(H2,13,16). The molecular weight excluding hydrogens is 234 g/mol. The Hall–Kier alpha value is -2.63. The SMILES string of the molecule is Cc1cc([N+](=O)[O-])ccc1-c1cc(C(N)=O)c[nH]1. The molecular formula is C12H11N3O3. The Morgan fingerprint density at radius 1 is 1.39 bits per heavy atom. The van der Waals surface area contributed by atoms with E-state index in [9.17, 15) is 14.9 Å². The van der Waals surface area contributed by atoms with E-state index in [4.69, 9.17) is 5.73 Å². The number of carbonyl (C=O) groups excluding carboxylic acids is 1. The molecule has 0 aliphatic rings. The van der Waals surface area contributed by atoms with Crippen molar-refractivity contribution in [1.29, 1.82) is 0 Å². The van der Waals surface area contributed by atoms with Gasteiger partial charge in [0.1, 0.15) is 0 Å². The van der Waals surface area contributed by atoms with Gasteiger partial charge in [0.2, 0.25) is 5.91 Å². The van der Waals surface area contributed by atoms with Crippen molar-refractivity contribution in [3.8, 4) is 11.3 Å². The minimum atomic E-state index is -0.517. The molecule has 0 spiro atoms. The molecule has 0 saturated carbocycles. The number of non-ortho nitro benzene ring substituents is 1. The summed E-state index contributed by atoms with van der Waals surface area (Å²) in [6.07, 6.45) is 1.51. The summed E-state index contributed by atoms with van der Waals surface area (Å²) in [6.45, 7) is 1.77. The zero-order valence-corrected chi connectivity index (χ0v) is 9.64. The second kappa shape index (κ2) is 4.33. The molecule has 1 aromatic heterocycles. The number of benzene rings is 1. The molecule has 3 N–H and O–H groups in total. The van der Waals surface area contributed by atoms with Crippen LogP contribution >= 0.6 is 0 Å². The smallest absolute Gasteiger partial charge is 0.269 e. The first-order valence-electron chi connectivity index (χ1n) is 5.22. The summed E-state index contributed by atoms with van der Waals surface area (Å²) in [4.78, 5) is 24.1. The number of carbonyl (C=O) groups is 1. The first-order chi connectivity index (χ1) is 8.49. The van der Waals surface area contributed by atoms with E-state index in [1.54, 1.807) is 19.1 Å². The number of hydrogen-bond donors (Lipinski definition) is 2. The number of aromatic nitrogens is 1. The molecule has 6 heteroatoms. The Kier molecular flexibility index (Phi) is 2.85. The number of hydrogen-bond acceptors (Lipinski definition) is 3. The van der Waals surface area contributed by atoms with Crippen molar-refractivity contribution in [2.45, 2.75) is 6.92 Å². The lowest BCUT2D eigenvalue weighted by molar-refractivity contribution is -0.384. The van der Waals surface area contributed by atoms with Crippen LogP contribution < -0.4 is 5.73 Å². The molecule has 0 radical (unpaired) electrons. The van der Waals surface area contributed by atoms with Gasteiger partial charge in [0.15, 0.2) is 0 Å². The topological polar surface area (TPSA) is 102 Å². The molecule has 1 amide bonds. The summed E-state index contributed by atoms with van der Waals surface area (Å²) in [6, 6.07) is 6.17. The van der Waals surface area contributed by atoms with Crippen molar-refractivity contribution >= 4 is 11.6 Å². The highest BCUT2D eigenvalue weighted by atomic mass is 16.6. The molecule has 0 aliphatic heterocycles. The van der Waals surface area contributed by atoms with Crippen molar-refractivity contribution in [2.24, 2.45) is 5.73 Å². The molecule has 2 aromatic rings. The zero-order chi connectivity index (χ0) is 13.3. The average molecular weight is 245 g/mol. The van der Waals surface area contributed by atoms with E-state index in [1.807, 2.05) is 0 Å². The number of nitrogens with one attached hydrogen (secondary N) is 1. The number of nitro groups is 1. The molecule has 18 heavy (non-hydrogen) atoms. The number of nitro benzene ring substituents is 1. The van der Waals surface area contributed by atoms with Crippen LogP contribution in [-0.4, -0.2) is 15.8 Å². The summed E-state index contributed by atoms with van der Waals surface area (Å²) < 4.78 is 0. The van der Waals surface area contributed by atoms with Crippen LogP contribution in [0.3, 0.4) is 0 Å². The van der Waals surface area contributed by atoms with E-state index < -0.39 is 10.8 Å². The number of H-pyrrole nitrogens is 1. The van der Waals surface area contributed by atoms with Gasteiger partial charge < -0.3 is 10.7 Å². The van der Waals surface area contributed by atoms with Gasteiger partial charge in [-0.15, -0.1) is 0 Å². The molecule has 1 aromatic carbocycles. The minimum Gasteiger partial charge on any atom is -0.366 e. The van der Waals surface area contributed by atoms with Gasteiger partial charge in [-0.05, 0) is 24.6 Å². The number of nitrogens with two attached hydrogens (primary N) is 1. The Balaban J connectivity index is 2.44. The fraction of sp³-hybridized carbons (Fsp3) is 0.0833. The van der Waals surface area contributed by atoms with Crippen LogP contribution in [-0.2, 0) is 0 Å². The number of primary amides is 1. The van der Waals surface area contributed by atoms with Crippen LogP contribution in [0.25, 0.3) is 11.3 Å². The fourth-order valence-electron chi connectivity index (χ4n) is 1.76. The molecule has 0 aliphatic carbocycles. The lowest BCUT2D eigenvalue weighted by Crippen LogP contribution is -2.09. The van der Waals surface area contributed by atoms with E-state index in [0.717, 1.165) is 11.1 Å². The third-order valence-electron chi connectivity index (χ3n) is 2.68. The first kappa shape index (κ1) is 11.8. The van der Waals surface area contributed by atoms with Crippen LogP contribution in [0.5, 0.6) is 0 Å². The number of amides is 1. The van der Waals surface area contributed by atoms with Crippen molar-refractivity contribution in [2.75, 3.05) is 0 Å². The molecule has 0 atom stereocenters. The number of nitrogens with zero attached hydrogens (tertiary/aromatic N) is 1. The minimum absolute atomic E-state index is 0.0398. The summed E-state index contributed by atoms with van der Waals surface area (Å²) in [5, 5.41) is 10.6. The first-order valence-corrected chi connectivity index (χ1v) is 5.22. The summed E-state index contributed by atoms with van der Waals surface area (Å²) in [7, 11) is 0. The fourth-order valence-corrected chi connectivity index (χ4v) is 1.76. The largest absolute Gasteiger partial charge is 0.366 e. The van der Waals surface area contributed by atoms with E-state index in [2.05, 4.69) is 4.98 Å². The van der Waals surface area contributed by atoms with Crippen LogP contribution in [0.2, 0.25) is 0 Å². The Bertz CT molecular complexity index is 631. The molecule has 1 heterocycles.